The number of nitrogens with one attached hydrogen (secondary N) is 1. The van der Waals surface area contributed by atoms with Crippen LogP contribution in [0, 0.1) is 17.2 Å². The van der Waals surface area contributed by atoms with Crippen LogP contribution in [0.15, 0.2) is 42.7 Å². The molecule has 0 spiro atoms. The van der Waals surface area contributed by atoms with Gasteiger partial charge < -0.3 is 29.2 Å². The molecule has 2 aromatic heterocycles. The third-order valence-electron chi connectivity index (χ3n) is 9.27. The summed E-state index contributed by atoms with van der Waals surface area (Å²) >= 11 is 0. The van der Waals surface area contributed by atoms with Crippen LogP contribution in [0.2, 0.25) is 0 Å². The van der Waals surface area contributed by atoms with Crippen molar-refractivity contribution in [2.24, 2.45) is 5.92 Å². The highest BCUT2D eigenvalue weighted by atomic mass is 31.2. The van der Waals surface area contributed by atoms with Crippen molar-refractivity contribution in [1.82, 2.24) is 19.7 Å². The number of benzene rings is 1. The van der Waals surface area contributed by atoms with Crippen LogP contribution < -0.4 is 15.3 Å². The second-order valence-corrected chi connectivity index (χ2v) is 16.1. The molecule has 3 heterocycles. The van der Waals surface area contributed by atoms with Crippen LogP contribution in [0.1, 0.15) is 84.9 Å². The number of anilines is 1. The van der Waals surface area contributed by atoms with Gasteiger partial charge in [-0.1, -0.05) is 52.2 Å². The van der Waals surface area contributed by atoms with Crippen LogP contribution >= 0.6 is 7.75 Å². The summed E-state index contributed by atoms with van der Waals surface area (Å²) in [7, 11) is -4.48. The van der Waals surface area contributed by atoms with Gasteiger partial charge in [-0.05, 0) is 60.9 Å². The van der Waals surface area contributed by atoms with Gasteiger partial charge in [-0.25, -0.2) is 14.1 Å². The molecule has 53 heavy (non-hydrogen) atoms. The molecule has 3 aromatic rings. The molecule has 1 aliphatic heterocycles. The predicted molar refractivity (Wildman–Crippen MR) is 190 cm³/mol. The van der Waals surface area contributed by atoms with E-state index in [9.17, 15) is 24.2 Å². The third-order valence-corrected chi connectivity index (χ3v) is 10.9. The lowest BCUT2D eigenvalue weighted by Crippen LogP contribution is -2.45. The molecule has 2 aliphatic rings. The van der Waals surface area contributed by atoms with Crippen LogP contribution in [0.25, 0.3) is 5.52 Å². The highest BCUT2D eigenvalue weighted by molar-refractivity contribution is 7.52. The fourth-order valence-electron chi connectivity index (χ4n) is 6.56. The van der Waals surface area contributed by atoms with Crippen LogP contribution in [0.4, 0.5) is 5.82 Å². The van der Waals surface area contributed by atoms with E-state index in [-0.39, 0.29) is 35.2 Å². The minimum Gasteiger partial charge on any atom is -0.464 e. The number of nitrogens with zero attached hydrogens (tertiary/aromatic N) is 4. The van der Waals surface area contributed by atoms with Crippen molar-refractivity contribution in [1.29, 1.82) is 5.26 Å². The van der Waals surface area contributed by atoms with Gasteiger partial charge in [0.1, 0.15) is 35.8 Å². The summed E-state index contributed by atoms with van der Waals surface area (Å²) in [5.41, 5.74) is 5.14. The number of carbonyl (C=O) groups excluding carboxylic acids is 3. The number of nitriles is 1. The largest absolute Gasteiger partial charge is 0.464 e. The average Bonchev–Trinajstić information content (AvgIpc) is 3.66. The summed E-state index contributed by atoms with van der Waals surface area (Å²) in [6.07, 6.45) is 2.04. The molecule has 16 nitrogen and oxygen atoms in total. The minimum absolute atomic E-state index is 0.0841. The van der Waals surface area contributed by atoms with Crippen molar-refractivity contribution in [2.75, 3.05) is 18.9 Å². The van der Waals surface area contributed by atoms with Crippen molar-refractivity contribution in [3.63, 3.8) is 0 Å². The Morgan fingerprint density at radius 1 is 1.08 bits per heavy atom. The van der Waals surface area contributed by atoms with Gasteiger partial charge in [-0.2, -0.15) is 15.4 Å². The van der Waals surface area contributed by atoms with Gasteiger partial charge in [0.05, 0.1) is 18.9 Å². The van der Waals surface area contributed by atoms with Gasteiger partial charge in [0.15, 0.2) is 18.0 Å². The number of aromatic nitrogens is 3. The van der Waals surface area contributed by atoms with Crippen molar-refractivity contribution in [3.8, 4) is 11.8 Å². The third kappa shape index (κ3) is 9.16. The highest BCUT2D eigenvalue weighted by Crippen LogP contribution is 2.49. The number of hydrogen-bond donors (Lipinski definition) is 2. The highest BCUT2D eigenvalue weighted by Gasteiger charge is 2.62. The van der Waals surface area contributed by atoms with Crippen molar-refractivity contribution >= 4 is 37.0 Å². The number of fused-ring (bicyclic) bond motifs is 1. The molecule has 1 aliphatic carbocycles. The van der Waals surface area contributed by atoms with E-state index in [2.05, 4.69) is 21.2 Å². The minimum atomic E-state index is -4.48. The number of nitrogen functional groups attached to an aromatic ring is 1. The fourth-order valence-corrected chi connectivity index (χ4v) is 8.06. The van der Waals surface area contributed by atoms with Gasteiger partial charge in [0.2, 0.25) is 5.60 Å². The molecule has 1 unspecified atom stereocenters. The van der Waals surface area contributed by atoms with Gasteiger partial charge in [-0.3, -0.25) is 18.9 Å². The SMILES string of the molecule is CC(=O)O[C@H]1[C@@H](OC(C)=O)[C@](C#N)(c2ccc3c(N)ncnn23)O[C@@H]1COP(=O)(N[C@@H](C)C(=O)OCC1CCCCC1)Oc1ccc(C(C)(C)C)cc1. The smallest absolute Gasteiger partial charge is 0.459 e. The van der Waals surface area contributed by atoms with Crippen LogP contribution in [0.3, 0.4) is 0 Å². The molecule has 1 saturated carbocycles. The second kappa shape index (κ2) is 16.2. The number of ether oxygens (including phenoxy) is 4. The first-order chi connectivity index (χ1) is 25.0. The van der Waals surface area contributed by atoms with Crippen molar-refractivity contribution < 1.29 is 46.9 Å². The summed E-state index contributed by atoms with van der Waals surface area (Å²) in [5.74, 6) is -1.72. The van der Waals surface area contributed by atoms with Gasteiger partial charge in [0.25, 0.3) is 0 Å². The van der Waals surface area contributed by atoms with E-state index in [1.807, 2.05) is 32.9 Å². The van der Waals surface area contributed by atoms with Gasteiger partial charge in [0, 0.05) is 13.8 Å². The molecule has 286 valence electrons. The lowest BCUT2D eigenvalue weighted by atomic mass is 9.87. The number of rotatable bonds is 13. The number of esters is 3. The van der Waals surface area contributed by atoms with Gasteiger partial charge >= 0.3 is 25.7 Å². The average molecular weight is 755 g/mol. The lowest BCUT2D eigenvalue weighted by molar-refractivity contribution is -0.166. The number of nitrogens with two attached hydrogens (primary N) is 1. The Labute approximate surface area is 308 Å². The van der Waals surface area contributed by atoms with E-state index < -0.39 is 62.2 Å². The zero-order valence-electron chi connectivity index (χ0n) is 30.8. The van der Waals surface area contributed by atoms with Crippen LogP contribution in [-0.4, -0.2) is 70.1 Å². The first-order valence-electron chi connectivity index (χ1n) is 17.6. The summed E-state index contributed by atoms with van der Waals surface area (Å²) in [5, 5.41) is 17.6. The molecule has 0 bridgehead atoms. The molecular weight excluding hydrogens is 707 g/mol. The maximum absolute atomic E-state index is 14.6. The molecule has 2 fully saturated rings. The fraction of sp³-hybridized carbons (Fsp3) is 0.556. The van der Waals surface area contributed by atoms with E-state index in [1.54, 1.807) is 18.2 Å². The summed E-state index contributed by atoms with van der Waals surface area (Å²) in [6.45, 7) is 9.47. The van der Waals surface area contributed by atoms with Crippen molar-refractivity contribution in [3.05, 3.63) is 54.0 Å². The molecule has 5 rings (SSSR count). The van der Waals surface area contributed by atoms with E-state index in [0.29, 0.717) is 5.52 Å². The summed E-state index contributed by atoms with van der Waals surface area (Å²) < 4.78 is 50.9. The molecule has 0 radical (unpaired) electrons. The predicted octanol–water partition coefficient (Wildman–Crippen LogP) is 4.90. The molecule has 3 N–H and O–H groups in total. The lowest BCUT2D eigenvalue weighted by Gasteiger charge is -2.28. The Bertz CT molecular complexity index is 1880. The van der Waals surface area contributed by atoms with E-state index in [0.717, 1.165) is 51.5 Å². The van der Waals surface area contributed by atoms with Crippen LogP contribution in [-0.2, 0) is 53.4 Å². The van der Waals surface area contributed by atoms with E-state index in [1.165, 1.54) is 23.8 Å². The normalized spacial score (nSPS) is 23.8. The first kappa shape index (κ1) is 39.7. The Balaban J connectivity index is 1.46. The molecule has 6 atom stereocenters. The Morgan fingerprint density at radius 2 is 1.75 bits per heavy atom. The Morgan fingerprint density at radius 3 is 2.38 bits per heavy atom. The Kier molecular flexibility index (Phi) is 12.1. The van der Waals surface area contributed by atoms with E-state index in [4.69, 9.17) is 33.7 Å². The maximum atomic E-state index is 14.6. The van der Waals surface area contributed by atoms with Crippen LogP contribution in [0.5, 0.6) is 5.75 Å². The van der Waals surface area contributed by atoms with E-state index >= 15 is 0 Å². The zero-order chi connectivity index (χ0) is 38.6. The standard InChI is InChI=1S/C36H47N6O10P/c1-22(34(45)47-18-25-10-8-7-9-11-25)41-53(46,52-27-14-12-26(13-15-27)35(4,5)6)48-19-29-31(49-23(2)43)32(50-24(3)44)36(20-37,51-29)30-17-16-28-33(38)39-21-40-42(28)30/h12-17,21-22,25,29,31-32H,7-11,18-19H2,1-6H3,(H,41,46)(H2,38,39,40)/t22-,29+,31+,32+,36-,53?/m0/s1. The molecule has 1 aromatic carbocycles. The zero-order valence-corrected chi connectivity index (χ0v) is 31.7. The topological polar surface area (TPSA) is 216 Å². The summed E-state index contributed by atoms with van der Waals surface area (Å²) in [4.78, 5) is 42.0. The van der Waals surface area contributed by atoms with Gasteiger partial charge in [-0.15, -0.1) is 0 Å². The quantitative estimate of drug-likeness (QED) is 0.135. The Hall–Kier alpha value is -4.55. The monoisotopic (exact) mass is 754 g/mol. The number of hydrogen-bond acceptors (Lipinski definition) is 14. The molecule has 1 saturated heterocycles. The molecule has 17 heteroatoms. The molecule has 0 amide bonds. The first-order valence-corrected chi connectivity index (χ1v) is 19.1. The summed E-state index contributed by atoms with van der Waals surface area (Å²) in [6, 6.07) is 10.9. The second-order valence-electron chi connectivity index (χ2n) is 14.4. The maximum Gasteiger partial charge on any atom is 0.459 e. The molecular formula is C36H47N6O10P. The number of carbonyl (C=O) groups is 3. The van der Waals surface area contributed by atoms with Crippen molar-refractivity contribution in [2.45, 2.75) is 109 Å².